The molecule has 1 amide bonds. The fourth-order valence-corrected chi connectivity index (χ4v) is 3.95. The molecule has 116 valence electrons. The van der Waals surface area contributed by atoms with Gasteiger partial charge in [0.2, 0.25) is 0 Å². The number of carbonyl (C=O) groups is 1. The van der Waals surface area contributed by atoms with Crippen LogP contribution in [0.2, 0.25) is 5.02 Å². The molecule has 0 aliphatic carbocycles. The van der Waals surface area contributed by atoms with Gasteiger partial charge in [0.05, 0.1) is 0 Å². The first kappa shape index (κ1) is 14.1. The van der Waals surface area contributed by atoms with Gasteiger partial charge >= 0.3 is 0 Å². The van der Waals surface area contributed by atoms with Crippen LogP contribution in [0.4, 0.5) is 0 Å². The zero-order valence-electron chi connectivity index (χ0n) is 12.5. The second-order valence-electron chi connectivity index (χ2n) is 6.35. The summed E-state index contributed by atoms with van der Waals surface area (Å²) in [6.07, 6.45) is 3.54. The number of benzene rings is 1. The Kier molecular flexibility index (Phi) is 3.59. The molecule has 2 saturated heterocycles. The lowest BCUT2D eigenvalue weighted by molar-refractivity contribution is 0.0738. The fraction of sp³-hybridized carbons (Fsp3) is 0.471. The summed E-state index contributed by atoms with van der Waals surface area (Å²) in [5.74, 6) is 0.112. The van der Waals surface area contributed by atoms with Crippen molar-refractivity contribution in [2.45, 2.75) is 25.3 Å². The molecule has 3 heterocycles. The maximum atomic E-state index is 12.8. The monoisotopic (exact) mass is 317 g/mol. The largest absolute Gasteiger partial charge is 0.350 e. The molecule has 1 aromatic heterocycles. The Morgan fingerprint density at radius 3 is 2.95 bits per heavy atom. The molecule has 1 atom stereocenters. The number of hydrogen-bond donors (Lipinski definition) is 1. The molecule has 0 bridgehead atoms. The number of fused-ring (bicyclic) bond motifs is 2. The first-order valence-electron chi connectivity index (χ1n) is 8.02. The van der Waals surface area contributed by atoms with Crippen LogP contribution in [0.3, 0.4) is 0 Å². The number of aromatic nitrogens is 1. The van der Waals surface area contributed by atoms with Crippen molar-refractivity contribution in [2.24, 2.45) is 0 Å². The lowest BCUT2D eigenvalue weighted by Crippen LogP contribution is -2.39. The Morgan fingerprint density at radius 1 is 1.18 bits per heavy atom. The summed E-state index contributed by atoms with van der Waals surface area (Å²) in [4.78, 5) is 20.6. The lowest BCUT2D eigenvalue weighted by Gasteiger charge is -2.25. The molecule has 2 fully saturated rings. The van der Waals surface area contributed by atoms with E-state index in [0.29, 0.717) is 16.8 Å². The topological polar surface area (TPSA) is 39.3 Å². The van der Waals surface area contributed by atoms with Gasteiger partial charge in [-0.3, -0.25) is 9.69 Å². The fourth-order valence-electron chi connectivity index (χ4n) is 3.78. The normalized spacial score (nSPS) is 22.8. The third-order valence-electron chi connectivity index (χ3n) is 4.91. The third kappa shape index (κ3) is 2.50. The van der Waals surface area contributed by atoms with Crippen LogP contribution in [0.15, 0.2) is 24.3 Å². The Labute approximate surface area is 135 Å². The molecule has 4 nitrogen and oxygen atoms in total. The quantitative estimate of drug-likeness (QED) is 0.877. The number of halogens is 1. The molecule has 1 N–H and O–H groups in total. The highest BCUT2D eigenvalue weighted by Crippen LogP contribution is 2.24. The molecule has 2 aliphatic rings. The van der Waals surface area contributed by atoms with Crippen LogP contribution in [0.1, 0.15) is 29.8 Å². The molecule has 0 spiro atoms. The van der Waals surface area contributed by atoms with Gasteiger partial charge in [-0.25, -0.2) is 0 Å². The van der Waals surface area contributed by atoms with Crippen molar-refractivity contribution in [1.82, 2.24) is 14.8 Å². The van der Waals surface area contributed by atoms with Crippen molar-refractivity contribution in [1.29, 1.82) is 0 Å². The predicted octanol–water partition coefficient (Wildman–Crippen LogP) is 3.13. The van der Waals surface area contributed by atoms with Crippen LogP contribution in [-0.2, 0) is 0 Å². The maximum absolute atomic E-state index is 12.8. The molecular weight excluding hydrogens is 298 g/mol. The van der Waals surface area contributed by atoms with Crippen molar-refractivity contribution >= 4 is 28.4 Å². The van der Waals surface area contributed by atoms with Gasteiger partial charge in [-0.2, -0.15) is 0 Å². The second-order valence-corrected chi connectivity index (χ2v) is 6.79. The molecule has 4 rings (SSSR count). The maximum Gasteiger partial charge on any atom is 0.270 e. The van der Waals surface area contributed by atoms with Gasteiger partial charge in [0.1, 0.15) is 5.69 Å². The summed E-state index contributed by atoms with van der Waals surface area (Å²) in [7, 11) is 0. The van der Waals surface area contributed by atoms with Crippen molar-refractivity contribution in [2.75, 3.05) is 26.2 Å². The number of nitrogens with zero attached hydrogens (tertiary/aromatic N) is 2. The van der Waals surface area contributed by atoms with Crippen molar-refractivity contribution in [3.8, 4) is 0 Å². The van der Waals surface area contributed by atoms with Crippen LogP contribution in [0.25, 0.3) is 10.9 Å². The minimum absolute atomic E-state index is 0.112. The zero-order valence-corrected chi connectivity index (χ0v) is 13.3. The van der Waals surface area contributed by atoms with E-state index >= 15 is 0 Å². The number of nitrogens with one attached hydrogen (secondary N) is 1. The smallest absolute Gasteiger partial charge is 0.270 e. The predicted molar refractivity (Wildman–Crippen MR) is 88.4 cm³/mol. The summed E-state index contributed by atoms with van der Waals surface area (Å²) in [5.41, 5.74) is 1.59. The average molecular weight is 318 g/mol. The van der Waals surface area contributed by atoms with Crippen molar-refractivity contribution < 1.29 is 4.79 Å². The van der Waals surface area contributed by atoms with E-state index in [1.807, 2.05) is 29.2 Å². The Bertz CT molecular complexity index is 711. The molecule has 2 aliphatic heterocycles. The summed E-state index contributed by atoms with van der Waals surface area (Å²) < 4.78 is 0. The minimum atomic E-state index is 0.112. The summed E-state index contributed by atoms with van der Waals surface area (Å²) >= 11 is 6.02. The number of aromatic amines is 1. The minimum Gasteiger partial charge on any atom is -0.350 e. The molecule has 22 heavy (non-hydrogen) atoms. The number of carbonyl (C=O) groups excluding carboxylic acids is 1. The first-order valence-corrected chi connectivity index (χ1v) is 8.40. The second kappa shape index (κ2) is 5.60. The van der Waals surface area contributed by atoms with E-state index in [9.17, 15) is 4.79 Å². The van der Waals surface area contributed by atoms with Crippen LogP contribution in [0.5, 0.6) is 0 Å². The van der Waals surface area contributed by atoms with Crippen molar-refractivity contribution in [3.63, 3.8) is 0 Å². The van der Waals surface area contributed by atoms with Gasteiger partial charge in [0, 0.05) is 41.6 Å². The van der Waals surface area contributed by atoms with Gasteiger partial charge < -0.3 is 9.88 Å². The zero-order chi connectivity index (χ0) is 15.1. The van der Waals surface area contributed by atoms with E-state index in [4.69, 9.17) is 11.6 Å². The van der Waals surface area contributed by atoms with E-state index in [0.717, 1.165) is 37.0 Å². The first-order chi connectivity index (χ1) is 10.7. The van der Waals surface area contributed by atoms with E-state index in [1.54, 1.807) is 0 Å². The van der Waals surface area contributed by atoms with Gasteiger partial charge in [-0.05, 0) is 44.0 Å². The molecule has 0 radical (unpaired) electrons. The van der Waals surface area contributed by atoms with E-state index < -0.39 is 0 Å². The summed E-state index contributed by atoms with van der Waals surface area (Å²) in [6, 6.07) is 8.16. The third-order valence-corrected chi connectivity index (χ3v) is 5.14. The van der Waals surface area contributed by atoms with Crippen LogP contribution >= 0.6 is 11.6 Å². The Morgan fingerprint density at radius 2 is 2.05 bits per heavy atom. The number of hydrogen-bond acceptors (Lipinski definition) is 2. The van der Waals surface area contributed by atoms with E-state index in [1.165, 1.54) is 19.4 Å². The Balaban J connectivity index is 1.59. The standard InChI is InChI=1S/C17H20ClN3O/c18-13-5-4-12-9-16(19-15(12)10-13)17(22)21-8-2-7-20-6-1-3-14(20)11-21/h4-5,9-10,14,19H,1-3,6-8,11H2/t14-/m1/s1. The number of H-pyrrole nitrogens is 1. The van der Waals surface area contributed by atoms with E-state index in [-0.39, 0.29) is 5.91 Å². The highest BCUT2D eigenvalue weighted by molar-refractivity contribution is 6.31. The molecular formula is C17H20ClN3O. The molecule has 2 aromatic rings. The molecule has 1 aromatic carbocycles. The van der Waals surface area contributed by atoms with Crippen LogP contribution < -0.4 is 0 Å². The lowest BCUT2D eigenvalue weighted by atomic mass is 10.2. The highest BCUT2D eigenvalue weighted by atomic mass is 35.5. The van der Waals surface area contributed by atoms with Gasteiger partial charge in [0.25, 0.3) is 5.91 Å². The highest BCUT2D eigenvalue weighted by Gasteiger charge is 2.31. The van der Waals surface area contributed by atoms with Crippen LogP contribution in [0, 0.1) is 0 Å². The molecule has 0 unspecified atom stereocenters. The van der Waals surface area contributed by atoms with Gasteiger partial charge in [-0.15, -0.1) is 0 Å². The molecule has 0 saturated carbocycles. The summed E-state index contributed by atoms with van der Waals surface area (Å²) in [6.45, 7) is 4.02. The SMILES string of the molecule is O=C(c1cc2ccc(Cl)cc2[nH]1)N1CCCN2CCC[C@@H]2C1. The Hall–Kier alpha value is -1.52. The van der Waals surface area contributed by atoms with E-state index in [2.05, 4.69) is 9.88 Å². The van der Waals surface area contributed by atoms with Crippen molar-refractivity contribution in [3.05, 3.63) is 35.0 Å². The average Bonchev–Trinajstić information content (AvgIpc) is 3.07. The molecule has 5 heteroatoms. The number of amides is 1. The summed E-state index contributed by atoms with van der Waals surface area (Å²) in [5, 5.41) is 1.72. The van der Waals surface area contributed by atoms with Gasteiger partial charge in [-0.1, -0.05) is 17.7 Å². The van der Waals surface area contributed by atoms with Crippen LogP contribution in [-0.4, -0.2) is 52.9 Å². The number of rotatable bonds is 1. The van der Waals surface area contributed by atoms with Gasteiger partial charge in [0.15, 0.2) is 0 Å².